The summed E-state index contributed by atoms with van der Waals surface area (Å²) in [7, 11) is 0. The first-order chi connectivity index (χ1) is 19.8. The Hall–Kier alpha value is -3.92. The molecule has 3 aromatic carbocycles. The highest BCUT2D eigenvalue weighted by Gasteiger charge is 2.35. The molecule has 7 nitrogen and oxygen atoms in total. The van der Waals surface area contributed by atoms with Crippen LogP contribution in [0.4, 0.5) is 10.5 Å². The fraction of sp³-hybridized carbons (Fsp3) is 0.242. The third kappa shape index (κ3) is 7.24. The maximum atomic E-state index is 13.9. The minimum atomic E-state index is -0.970. The summed E-state index contributed by atoms with van der Waals surface area (Å²) < 4.78 is 8.25. The van der Waals surface area contributed by atoms with Gasteiger partial charge in [-0.3, -0.25) is 9.59 Å². The molecule has 1 aromatic heterocycles. The Balaban J connectivity index is 1.57. The van der Waals surface area contributed by atoms with Gasteiger partial charge in [0.2, 0.25) is 5.91 Å². The smallest absolute Gasteiger partial charge is 0.408 e. The molecule has 0 aliphatic heterocycles. The summed E-state index contributed by atoms with van der Waals surface area (Å²) in [4.78, 5) is 39.2. The molecule has 2 atom stereocenters. The summed E-state index contributed by atoms with van der Waals surface area (Å²) in [6, 6.07) is 27.5. The van der Waals surface area contributed by atoms with Gasteiger partial charge in [-0.1, -0.05) is 54.6 Å². The van der Waals surface area contributed by atoms with E-state index in [4.69, 9.17) is 4.74 Å². The molecule has 1 fully saturated rings. The molecule has 2 unspecified atom stereocenters. The van der Waals surface area contributed by atoms with E-state index in [-0.39, 0.29) is 23.6 Å². The molecule has 1 heterocycles. The normalized spacial score (nSPS) is 14.2. The van der Waals surface area contributed by atoms with Crippen molar-refractivity contribution in [1.82, 2.24) is 9.88 Å². The zero-order valence-corrected chi connectivity index (χ0v) is 25.1. The molecule has 0 bridgehead atoms. The van der Waals surface area contributed by atoms with Crippen molar-refractivity contribution in [3.05, 3.63) is 122 Å². The van der Waals surface area contributed by atoms with Crippen LogP contribution in [0.2, 0.25) is 0 Å². The van der Waals surface area contributed by atoms with Crippen LogP contribution in [0.1, 0.15) is 49.8 Å². The number of alkyl carbamates (subject to hydrolysis) is 1. The summed E-state index contributed by atoms with van der Waals surface area (Å²) in [6.07, 6.45) is 2.79. The summed E-state index contributed by atoms with van der Waals surface area (Å²) in [5.74, 6) is -0.880. The molecule has 0 spiro atoms. The molecular formula is C33H32IN3O4. The van der Waals surface area contributed by atoms with Crippen LogP contribution in [0.5, 0.6) is 0 Å². The number of rotatable bonds is 9. The molecule has 0 radical (unpaired) electrons. The monoisotopic (exact) mass is 661 g/mol. The number of halogens is 1. The van der Waals surface area contributed by atoms with Gasteiger partial charge in [-0.05, 0) is 102 Å². The van der Waals surface area contributed by atoms with E-state index in [1.165, 1.54) is 0 Å². The highest BCUT2D eigenvalue weighted by Crippen LogP contribution is 2.33. The van der Waals surface area contributed by atoms with Gasteiger partial charge >= 0.3 is 6.09 Å². The van der Waals surface area contributed by atoms with Gasteiger partial charge in [0, 0.05) is 33.5 Å². The minimum absolute atomic E-state index is 0.0127. The second-order valence-corrected chi connectivity index (χ2v) is 11.7. The molecule has 5 rings (SSSR count). The number of pyridine rings is 1. The number of aromatic nitrogens is 1. The lowest BCUT2D eigenvalue weighted by Gasteiger charge is -2.28. The number of ether oxygens (including phenoxy) is 1. The fourth-order valence-electron chi connectivity index (χ4n) is 4.78. The van der Waals surface area contributed by atoms with E-state index in [1.54, 1.807) is 10.6 Å². The first-order valence-corrected chi connectivity index (χ1v) is 14.8. The standard InChI is InChI=1S/C33H32IN3O4/c1-21(2)37-20-25(11-18-29(37)38)23-9-6-10-24(19-23)30(22-7-4-3-5-8-22)31(36-33(40)41-28-16-17-28)32(39)35-27-14-12-26(34)13-15-27/h3-15,18-21,28,30-31H,16-17H2,1-2H3,(H,35,39)(H,36,40). The second-order valence-electron chi connectivity index (χ2n) is 10.5. The van der Waals surface area contributed by atoms with Crippen molar-refractivity contribution in [3.8, 4) is 11.1 Å². The Labute approximate surface area is 253 Å². The van der Waals surface area contributed by atoms with Crippen molar-refractivity contribution in [1.29, 1.82) is 0 Å². The molecule has 210 valence electrons. The molecule has 4 aromatic rings. The third-order valence-electron chi connectivity index (χ3n) is 7.03. The summed E-state index contributed by atoms with van der Waals surface area (Å²) in [5, 5.41) is 5.87. The largest absolute Gasteiger partial charge is 0.446 e. The van der Waals surface area contributed by atoms with Crippen LogP contribution in [-0.2, 0) is 9.53 Å². The average molecular weight is 662 g/mol. The maximum Gasteiger partial charge on any atom is 0.408 e. The van der Waals surface area contributed by atoms with Crippen LogP contribution in [0.3, 0.4) is 0 Å². The lowest BCUT2D eigenvalue weighted by molar-refractivity contribution is -0.118. The van der Waals surface area contributed by atoms with Crippen LogP contribution in [-0.4, -0.2) is 28.7 Å². The predicted molar refractivity (Wildman–Crippen MR) is 169 cm³/mol. The van der Waals surface area contributed by atoms with Crippen molar-refractivity contribution in [2.45, 2.75) is 50.8 Å². The minimum Gasteiger partial charge on any atom is -0.446 e. The SMILES string of the molecule is CC(C)n1cc(-c2cccc(C(c3ccccc3)C(NC(=O)OC3CC3)C(=O)Nc3ccc(I)cc3)c2)ccc1=O. The molecular weight excluding hydrogens is 629 g/mol. The number of nitrogens with zero attached hydrogens (tertiary/aromatic N) is 1. The van der Waals surface area contributed by atoms with Crippen molar-refractivity contribution in [3.63, 3.8) is 0 Å². The van der Waals surface area contributed by atoms with Crippen molar-refractivity contribution in [2.24, 2.45) is 0 Å². The number of benzene rings is 3. The lowest BCUT2D eigenvalue weighted by Crippen LogP contribution is -2.48. The highest BCUT2D eigenvalue weighted by molar-refractivity contribution is 14.1. The van der Waals surface area contributed by atoms with E-state index in [9.17, 15) is 14.4 Å². The average Bonchev–Trinajstić information content (AvgIpc) is 3.78. The van der Waals surface area contributed by atoms with Crippen LogP contribution < -0.4 is 16.2 Å². The van der Waals surface area contributed by atoms with Crippen LogP contribution in [0.15, 0.2) is 102 Å². The van der Waals surface area contributed by atoms with Gasteiger partial charge in [0.1, 0.15) is 12.1 Å². The summed E-state index contributed by atoms with van der Waals surface area (Å²) in [5.41, 5.74) is 4.06. The van der Waals surface area contributed by atoms with Crippen LogP contribution in [0.25, 0.3) is 11.1 Å². The molecule has 1 saturated carbocycles. The number of amides is 2. The Morgan fingerprint density at radius 1 is 0.878 bits per heavy atom. The number of carbonyl (C=O) groups is 2. The van der Waals surface area contributed by atoms with E-state index in [0.29, 0.717) is 5.69 Å². The quantitative estimate of drug-likeness (QED) is 0.195. The van der Waals surface area contributed by atoms with E-state index in [1.807, 2.05) is 105 Å². The predicted octanol–water partition coefficient (Wildman–Crippen LogP) is 6.73. The first kappa shape index (κ1) is 28.6. The van der Waals surface area contributed by atoms with Gasteiger partial charge in [0.25, 0.3) is 5.56 Å². The number of anilines is 1. The van der Waals surface area contributed by atoms with Gasteiger partial charge in [-0.15, -0.1) is 0 Å². The lowest BCUT2D eigenvalue weighted by atomic mass is 9.83. The van der Waals surface area contributed by atoms with Crippen molar-refractivity contribution >= 4 is 40.3 Å². The topological polar surface area (TPSA) is 89.4 Å². The van der Waals surface area contributed by atoms with Crippen LogP contribution in [0, 0.1) is 3.57 Å². The second kappa shape index (κ2) is 12.7. The molecule has 2 amide bonds. The fourth-order valence-corrected chi connectivity index (χ4v) is 5.14. The Morgan fingerprint density at radius 2 is 1.59 bits per heavy atom. The Morgan fingerprint density at radius 3 is 2.27 bits per heavy atom. The molecule has 41 heavy (non-hydrogen) atoms. The van der Waals surface area contributed by atoms with E-state index in [2.05, 4.69) is 33.2 Å². The van der Waals surface area contributed by atoms with Gasteiger partial charge in [0.05, 0.1) is 0 Å². The molecule has 2 N–H and O–H groups in total. The molecule has 8 heteroatoms. The van der Waals surface area contributed by atoms with E-state index in [0.717, 1.165) is 38.7 Å². The van der Waals surface area contributed by atoms with Gasteiger partial charge < -0.3 is 19.9 Å². The number of carbonyl (C=O) groups excluding carboxylic acids is 2. The zero-order chi connectivity index (χ0) is 28.9. The van der Waals surface area contributed by atoms with E-state index >= 15 is 0 Å². The number of hydrogen-bond donors (Lipinski definition) is 2. The summed E-state index contributed by atoms with van der Waals surface area (Å²) in [6.45, 7) is 3.94. The Bertz CT molecular complexity index is 1580. The van der Waals surface area contributed by atoms with Crippen molar-refractivity contribution < 1.29 is 14.3 Å². The Kier molecular flexibility index (Phi) is 8.87. The van der Waals surface area contributed by atoms with Crippen molar-refractivity contribution in [2.75, 3.05) is 5.32 Å². The van der Waals surface area contributed by atoms with Gasteiger partial charge in [0.15, 0.2) is 0 Å². The number of nitrogens with one attached hydrogen (secondary N) is 2. The molecule has 1 aliphatic carbocycles. The van der Waals surface area contributed by atoms with E-state index < -0.39 is 18.1 Å². The zero-order valence-electron chi connectivity index (χ0n) is 22.9. The highest BCUT2D eigenvalue weighted by atomic mass is 127. The third-order valence-corrected chi connectivity index (χ3v) is 7.75. The molecule has 1 aliphatic rings. The molecule has 0 saturated heterocycles. The first-order valence-electron chi connectivity index (χ1n) is 13.7. The van der Waals surface area contributed by atoms with Gasteiger partial charge in [-0.25, -0.2) is 4.79 Å². The summed E-state index contributed by atoms with van der Waals surface area (Å²) >= 11 is 2.21. The van der Waals surface area contributed by atoms with Crippen LogP contribution >= 0.6 is 22.6 Å². The van der Waals surface area contributed by atoms with Gasteiger partial charge in [-0.2, -0.15) is 0 Å². The maximum absolute atomic E-state index is 13.9. The number of hydrogen-bond acceptors (Lipinski definition) is 4.